The Kier molecular flexibility index (Phi) is 3.70. The first-order chi connectivity index (χ1) is 8.89. The Morgan fingerprint density at radius 2 is 1.63 bits per heavy atom. The molecule has 0 saturated heterocycles. The molecule has 0 spiro atoms. The molecule has 2 rings (SSSR count). The van der Waals surface area contributed by atoms with Gasteiger partial charge in [0.2, 0.25) is 0 Å². The van der Waals surface area contributed by atoms with Crippen molar-refractivity contribution in [3.05, 3.63) is 47.8 Å². The van der Waals surface area contributed by atoms with Gasteiger partial charge < -0.3 is 0 Å². The fourth-order valence-electron chi connectivity index (χ4n) is 2.16. The van der Waals surface area contributed by atoms with Gasteiger partial charge in [0, 0.05) is 18.0 Å². The third kappa shape index (κ3) is 3.01. The quantitative estimate of drug-likeness (QED) is 0.785. The summed E-state index contributed by atoms with van der Waals surface area (Å²) in [7, 11) is 0. The SMILES string of the molecule is CC(C)c1ccc(C(C)(C)C)cc1-c1ncccn1. The fraction of sp³-hybridized carbons (Fsp3) is 0.412. The van der Waals surface area contributed by atoms with E-state index in [0.717, 1.165) is 11.4 Å². The molecule has 1 aromatic heterocycles. The average Bonchev–Trinajstić information content (AvgIpc) is 2.38. The topological polar surface area (TPSA) is 25.8 Å². The van der Waals surface area contributed by atoms with E-state index >= 15 is 0 Å². The van der Waals surface area contributed by atoms with Gasteiger partial charge in [0.25, 0.3) is 0 Å². The monoisotopic (exact) mass is 254 g/mol. The van der Waals surface area contributed by atoms with Gasteiger partial charge in [0.05, 0.1) is 0 Å². The maximum absolute atomic E-state index is 4.40. The number of hydrogen-bond acceptors (Lipinski definition) is 2. The van der Waals surface area contributed by atoms with E-state index in [2.05, 4.69) is 62.8 Å². The van der Waals surface area contributed by atoms with E-state index in [-0.39, 0.29) is 5.41 Å². The summed E-state index contributed by atoms with van der Waals surface area (Å²) in [6, 6.07) is 8.54. The molecule has 0 aliphatic rings. The second-order valence-corrected chi connectivity index (χ2v) is 6.28. The molecular formula is C17H22N2. The maximum atomic E-state index is 4.40. The first-order valence-electron chi connectivity index (χ1n) is 6.81. The van der Waals surface area contributed by atoms with Crippen LogP contribution in [0.5, 0.6) is 0 Å². The van der Waals surface area contributed by atoms with Gasteiger partial charge in [0.1, 0.15) is 0 Å². The molecule has 1 aromatic carbocycles. The largest absolute Gasteiger partial charge is 0.237 e. The molecule has 0 aliphatic heterocycles. The van der Waals surface area contributed by atoms with Crippen molar-refractivity contribution in [2.75, 3.05) is 0 Å². The lowest BCUT2D eigenvalue weighted by Crippen LogP contribution is -2.12. The molecule has 0 bridgehead atoms. The van der Waals surface area contributed by atoms with Crippen molar-refractivity contribution in [2.45, 2.75) is 46.0 Å². The van der Waals surface area contributed by atoms with E-state index in [0.29, 0.717) is 5.92 Å². The summed E-state index contributed by atoms with van der Waals surface area (Å²) >= 11 is 0. The molecule has 0 radical (unpaired) electrons. The number of benzene rings is 1. The Balaban J connectivity index is 2.61. The van der Waals surface area contributed by atoms with Crippen LogP contribution in [0.2, 0.25) is 0 Å². The van der Waals surface area contributed by atoms with Gasteiger partial charge in [-0.1, -0.05) is 46.8 Å². The fourth-order valence-corrected chi connectivity index (χ4v) is 2.16. The highest BCUT2D eigenvalue weighted by molar-refractivity contribution is 5.62. The minimum Gasteiger partial charge on any atom is -0.237 e. The Bertz CT molecular complexity index is 551. The highest BCUT2D eigenvalue weighted by atomic mass is 14.9. The third-order valence-corrected chi connectivity index (χ3v) is 3.35. The van der Waals surface area contributed by atoms with E-state index in [1.165, 1.54) is 11.1 Å². The highest BCUT2D eigenvalue weighted by Crippen LogP contribution is 2.32. The lowest BCUT2D eigenvalue weighted by molar-refractivity contribution is 0.590. The van der Waals surface area contributed by atoms with Crippen molar-refractivity contribution < 1.29 is 0 Å². The summed E-state index contributed by atoms with van der Waals surface area (Å²) in [4.78, 5) is 8.81. The van der Waals surface area contributed by atoms with Crippen LogP contribution in [0.15, 0.2) is 36.7 Å². The second kappa shape index (κ2) is 5.12. The minimum atomic E-state index is 0.138. The molecule has 1 heterocycles. The van der Waals surface area contributed by atoms with Crippen molar-refractivity contribution in [2.24, 2.45) is 0 Å². The van der Waals surface area contributed by atoms with E-state index in [1.54, 1.807) is 12.4 Å². The summed E-state index contributed by atoms with van der Waals surface area (Å²) in [5.41, 5.74) is 3.92. The standard InChI is InChI=1S/C17H22N2/c1-12(2)14-8-7-13(17(3,4)5)11-15(14)16-18-9-6-10-19-16/h6-12H,1-5H3. The smallest absolute Gasteiger partial charge is 0.159 e. The van der Waals surface area contributed by atoms with Crippen molar-refractivity contribution in [1.82, 2.24) is 9.97 Å². The zero-order valence-electron chi connectivity index (χ0n) is 12.4. The summed E-state index contributed by atoms with van der Waals surface area (Å²) in [6.07, 6.45) is 3.60. The van der Waals surface area contributed by atoms with Gasteiger partial charge in [0.15, 0.2) is 5.82 Å². The zero-order chi connectivity index (χ0) is 14.0. The number of rotatable bonds is 2. The first-order valence-corrected chi connectivity index (χ1v) is 6.81. The molecule has 2 nitrogen and oxygen atoms in total. The maximum Gasteiger partial charge on any atom is 0.159 e. The third-order valence-electron chi connectivity index (χ3n) is 3.35. The summed E-state index contributed by atoms with van der Waals surface area (Å²) < 4.78 is 0. The predicted molar refractivity (Wildman–Crippen MR) is 80.3 cm³/mol. The van der Waals surface area contributed by atoms with Crippen LogP contribution < -0.4 is 0 Å². The normalized spacial score (nSPS) is 11.9. The van der Waals surface area contributed by atoms with Crippen LogP contribution in [0.25, 0.3) is 11.4 Å². The molecule has 0 amide bonds. The van der Waals surface area contributed by atoms with Crippen LogP contribution in [0.4, 0.5) is 0 Å². The van der Waals surface area contributed by atoms with Gasteiger partial charge in [-0.25, -0.2) is 9.97 Å². The van der Waals surface area contributed by atoms with Gasteiger partial charge in [-0.3, -0.25) is 0 Å². The van der Waals surface area contributed by atoms with Crippen molar-refractivity contribution >= 4 is 0 Å². The lowest BCUT2D eigenvalue weighted by Gasteiger charge is -2.22. The molecule has 2 heteroatoms. The van der Waals surface area contributed by atoms with Gasteiger partial charge in [-0.15, -0.1) is 0 Å². The van der Waals surface area contributed by atoms with Crippen LogP contribution in [0.3, 0.4) is 0 Å². The number of aromatic nitrogens is 2. The van der Waals surface area contributed by atoms with E-state index in [9.17, 15) is 0 Å². The van der Waals surface area contributed by atoms with Crippen molar-refractivity contribution in [3.8, 4) is 11.4 Å². The molecule has 0 saturated carbocycles. The predicted octanol–water partition coefficient (Wildman–Crippen LogP) is 4.56. The van der Waals surface area contributed by atoms with Crippen LogP contribution in [0.1, 0.15) is 51.7 Å². The van der Waals surface area contributed by atoms with Crippen molar-refractivity contribution in [1.29, 1.82) is 0 Å². The van der Waals surface area contributed by atoms with Crippen LogP contribution in [-0.2, 0) is 5.41 Å². The van der Waals surface area contributed by atoms with Gasteiger partial charge in [-0.05, 0) is 34.6 Å². The lowest BCUT2D eigenvalue weighted by atomic mass is 9.83. The highest BCUT2D eigenvalue weighted by Gasteiger charge is 2.18. The molecule has 19 heavy (non-hydrogen) atoms. The van der Waals surface area contributed by atoms with Crippen molar-refractivity contribution in [3.63, 3.8) is 0 Å². The van der Waals surface area contributed by atoms with Gasteiger partial charge in [-0.2, -0.15) is 0 Å². The Hall–Kier alpha value is -1.70. The second-order valence-electron chi connectivity index (χ2n) is 6.28. The van der Waals surface area contributed by atoms with Crippen LogP contribution in [0, 0.1) is 0 Å². The van der Waals surface area contributed by atoms with E-state index in [1.807, 2.05) is 6.07 Å². The van der Waals surface area contributed by atoms with Gasteiger partial charge >= 0.3 is 0 Å². The van der Waals surface area contributed by atoms with E-state index < -0.39 is 0 Å². The van der Waals surface area contributed by atoms with Crippen LogP contribution in [-0.4, -0.2) is 9.97 Å². The Labute approximate surface area is 115 Å². The first kappa shape index (κ1) is 13.7. The summed E-state index contributed by atoms with van der Waals surface area (Å²) in [6.45, 7) is 11.1. The van der Waals surface area contributed by atoms with Crippen LogP contribution >= 0.6 is 0 Å². The molecule has 0 fully saturated rings. The van der Waals surface area contributed by atoms with E-state index in [4.69, 9.17) is 0 Å². The molecule has 0 unspecified atom stereocenters. The number of nitrogens with zero attached hydrogens (tertiary/aromatic N) is 2. The summed E-state index contributed by atoms with van der Waals surface area (Å²) in [5, 5.41) is 0. The zero-order valence-corrected chi connectivity index (χ0v) is 12.4. The molecule has 0 aliphatic carbocycles. The summed E-state index contributed by atoms with van der Waals surface area (Å²) in [5.74, 6) is 1.28. The molecule has 0 atom stereocenters. The molecule has 2 aromatic rings. The average molecular weight is 254 g/mol. The number of hydrogen-bond donors (Lipinski definition) is 0. The molecule has 0 N–H and O–H groups in total. The molecular weight excluding hydrogens is 232 g/mol. The minimum absolute atomic E-state index is 0.138. The Morgan fingerprint density at radius 3 is 2.16 bits per heavy atom. The molecule has 100 valence electrons. The Morgan fingerprint density at radius 1 is 1.00 bits per heavy atom.